The number of aliphatic hydroxyl groups excluding tert-OH is 1. The molecule has 0 aromatic heterocycles. The number of benzene rings is 2. The predicted molar refractivity (Wildman–Crippen MR) is 90.5 cm³/mol. The summed E-state index contributed by atoms with van der Waals surface area (Å²) in [5, 5.41) is 38.3. The first-order valence-corrected chi connectivity index (χ1v) is 7.31. The van der Waals surface area contributed by atoms with Crippen molar-refractivity contribution in [3.63, 3.8) is 0 Å². The molecule has 4 N–H and O–H groups in total. The normalized spacial score (nSPS) is 11.0. The summed E-state index contributed by atoms with van der Waals surface area (Å²) in [7, 11) is 0. The van der Waals surface area contributed by atoms with Gasteiger partial charge in [0.1, 0.15) is 17.3 Å². The molecule has 24 heavy (non-hydrogen) atoms. The molecule has 2 aromatic rings. The molecule has 0 amide bonds. The van der Waals surface area contributed by atoms with Crippen molar-refractivity contribution in [1.29, 1.82) is 0 Å². The van der Waals surface area contributed by atoms with Crippen LogP contribution in [0.25, 0.3) is 5.76 Å². The number of aliphatic hydroxyl groups is 1. The highest BCUT2D eigenvalue weighted by Crippen LogP contribution is 2.33. The molecule has 0 aliphatic rings. The van der Waals surface area contributed by atoms with E-state index in [1.807, 2.05) is 13.8 Å². The molecule has 2 rings (SSSR count). The molecule has 0 unspecified atom stereocenters. The Hall–Kier alpha value is -3.15. The molecular formula is C18H20O6. The lowest BCUT2D eigenvalue weighted by molar-refractivity contribution is 0.111. The van der Waals surface area contributed by atoms with Gasteiger partial charge in [0.25, 0.3) is 0 Å². The Labute approximate surface area is 139 Å². The smallest absolute Gasteiger partial charge is 0.171 e. The van der Waals surface area contributed by atoms with Crippen LogP contribution in [0.1, 0.15) is 36.7 Å². The van der Waals surface area contributed by atoms with Crippen LogP contribution in [-0.2, 0) is 0 Å². The van der Waals surface area contributed by atoms with Gasteiger partial charge in [-0.3, -0.25) is 4.79 Å². The molecule has 2 aromatic carbocycles. The Morgan fingerprint density at radius 1 is 1.00 bits per heavy atom. The SMILES string of the molecule is C/C(O)=C(\Oc1cccc(O)c1C=O)c1ccc(O)c(O)c1.CC. The number of carbonyl (C=O) groups is 1. The Balaban J connectivity index is 0.00000139. The van der Waals surface area contributed by atoms with E-state index in [1.54, 1.807) is 0 Å². The third kappa shape index (κ3) is 4.19. The van der Waals surface area contributed by atoms with E-state index in [-0.39, 0.29) is 45.6 Å². The van der Waals surface area contributed by atoms with Crippen LogP contribution >= 0.6 is 0 Å². The van der Waals surface area contributed by atoms with E-state index in [0.717, 1.165) is 0 Å². The van der Waals surface area contributed by atoms with Gasteiger partial charge in [-0.1, -0.05) is 19.9 Å². The molecule has 0 bridgehead atoms. The van der Waals surface area contributed by atoms with Gasteiger partial charge in [0.2, 0.25) is 0 Å². The molecule has 0 aliphatic heterocycles. The van der Waals surface area contributed by atoms with Crippen molar-refractivity contribution in [1.82, 2.24) is 0 Å². The first-order chi connectivity index (χ1) is 11.4. The molecule has 0 aliphatic carbocycles. The van der Waals surface area contributed by atoms with Crippen molar-refractivity contribution < 1.29 is 30.0 Å². The van der Waals surface area contributed by atoms with Crippen LogP contribution in [0.4, 0.5) is 0 Å². The third-order valence-electron chi connectivity index (χ3n) is 2.94. The fraction of sp³-hybridized carbons (Fsp3) is 0.167. The summed E-state index contributed by atoms with van der Waals surface area (Å²) in [6.45, 7) is 5.36. The zero-order valence-electron chi connectivity index (χ0n) is 13.6. The van der Waals surface area contributed by atoms with Crippen molar-refractivity contribution >= 4 is 12.0 Å². The molecule has 0 fully saturated rings. The second-order valence-electron chi connectivity index (χ2n) is 4.53. The van der Waals surface area contributed by atoms with Gasteiger partial charge in [0, 0.05) is 5.56 Å². The molecule has 0 heterocycles. The van der Waals surface area contributed by atoms with E-state index in [2.05, 4.69) is 0 Å². The van der Waals surface area contributed by atoms with Crippen molar-refractivity contribution in [3.05, 3.63) is 53.3 Å². The lowest BCUT2D eigenvalue weighted by Gasteiger charge is -2.14. The number of hydrogen-bond acceptors (Lipinski definition) is 6. The topological polar surface area (TPSA) is 107 Å². The van der Waals surface area contributed by atoms with E-state index in [0.29, 0.717) is 6.29 Å². The second-order valence-corrected chi connectivity index (χ2v) is 4.53. The first kappa shape index (κ1) is 18.9. The summed E-state index contributed by atoms with van der Waals surface area (Å²) in [5.41, 5.74) is 0.222. The quantitative estimate of drug-likeness (QED) is 0.383. The van der Waals surface area contributed by atoms with Crippen LogP contribution in [0, 0.1) is 0 Å². The van der Waals surface area contributed by atoms with Crippen LogP contribution < -0.4 is 4.74 Å². The standard InChI is InChI=1S/C16H14O6.C2H6/c1-9(18)16(10-5-6-13(20)14(21)7-10)22-15-4-2-3-12(19)11(15)8-17;1-2/h2-8,18-21H,1H3;1-2H3/b16-9+;. The van der Waals surface area contributed by atoms with Crippen LogP contribution in [0.15, 0.2) is 42.2 Å². The molecule has 6 heteroatoms. The number of aldehydes is 1. The molecule has 0 radical (unpaired) electrons. The third-order valence-corrected chi connectivity index (χ3v) is 2.94. The number of aromatic hydroxyl groups is 3. The minimum Gasteiger partial charge on any atom is -0.509 e. The van der Waals surface area contributed by atoms with Gasteiger partial charge in [-0.2, -0.15) is 0 Å². The average molecular weight is 332 g/mol. The molecule has 6 nitrogen and oxygen atoms in total. The minimum atomic E-state index is -0.383. The molecule has 0 saturated heterocycles. The zero-order chi connectivity index (χ0) is 18.3. The van der Waals surface area contributed by atoms with E-state index >= 15 is 0 Å². The predicted octanol–water partition coefficient (Wildman–Crippen LogP) is 3.97. The average Bonchev–Trinajstić information content (AvgIpc) is 2.57. The summed E-state index contributed by atoms with van der Waals surface area (Å²) >= 11 is 0. The van der Waals surface area contributed by atoms with Crippen LogP contribution in [0.3, 0.4) is 0 Å². The molecular weight excluding hydrogens is 312 g/mol. The number of rotatable bonds is 4. The Kier molecular flexibility index (Phi) is 6.67. The van der Waals surface area contributed by atoms with Gasteiger partial charge in [-0.25, -0.2) is 0 Å². The number of allylic oxidation sites excluding steroid dienone is 1. The molecule has 0 saturated carbocycles. The number of phenolic OH excluding ortho intramolecular Hbond substituents is 3. The van der Waals surface area contributed by atoms with Crippen molar-refractivity contribution in [3.8, 4) is 23.0 Å². The maximum Gasteiger partial charge on any atom is 0.171 e. The number of phenols is 3. The lowest BCUT2D eigenvalue weighted by atomic mass is 10.1. The first-order valence-electron chi connectivity index (χ1n) is 7.31. The van der Waals surface area contributed by atoms with Gasteiger partial charge in [0.15, 0.2) is 23.5 Å². The van der Waals surface area contributed by atoms with Gasteiger partial charge < -0.3 is 25.2 Å². The fourth-order valence-corrected chi connectivity index (χ4v) is 1.86. The van der Waals surface area contributed by atoms with Gasteiger partial charge in [-0.05, 0) is 37.3 Å². The van der Waals surface area contributed by atoms with Crippen LogP contribution in [0.5, 0.6) is 23.0 Å². The molecule has 0 atom stereocenters. The van der Waals surface area contributed by atoms with E-state index < -0.39 is 0 Å². The number of ether oxygens (including phenoxy) is 1. The van der Waals surface area contributed by atoms with Gasteiger partial charge in [-0.15, -0.1) is 0 Å². The summed E-state index contributed by atoms with van der Waals surface area (Å²) in [6.07, 6.45) is 0.434. The number of hydrogen-bond donors (Lipinski definition) is 4. The number of carbonyl (C=O) groups excluding carboxylic acids is 1. The highest BCUT2D eigenvalue weighted by atomic mass is 16.5. The summed E-state index contributed by atoms with van der Waals surface area (Å²) < 4.78 is 5.51. The van der Waals surface area contributed by atoms with E-state index in [9.17, 15) is 25.2 Å². The summed E-state index contributed by atoms with van der Waals surface area (Å²) in [6, 6.07) is 8.13. The van der Waals surface area contributed by atoms with Crippen LogP contribution in [0.2, 0.25) is 0 Å². The Morgan fingerprint density at radius 2 is 1.67 bits per heavy atom. The van der Waals surface area contributed by atoms with Crippen LogP contribution in [-0.4, -0.2) is 26.7 Å². The van der Waals surface area contributed by atoms with E-state index in [4.69, 9.17) is 4.74 Å². The Bertz CT molecular complexity index is 745. The fourth-order valence-electron chi connectivity index (χ4n) is 1.86. The van der Waals surface area contributed by atoms with Gasteiger partial charge >= 0.3 is 0 Å². The Morgan fingerprint density at radius 3 is 2.21 bits per heavy atom. The highest BCUT2D eigenvalue weighted by molar-refractivity contribution is 5.84. The van der Waals surface area contributed by atoms with Crippen molar-refractivity contribution in [2.75, 3.05) is 0 Å². The second kappa shape index (κ2) is 8.47. The monoisotopic (exact) mass is 332 g/mol. The van der Waals surface area contributed by atoms with Crippen molar-refractivity contribution in [2.45, 2.75) is 20.8 Å². The zero-order valence-corrected chi connectivity index (χ0v) is 13.6. The van der Waals surface area contributed by atoms with Gasteiger partial charge in [0.05, 0.1) is 5.56 Å². The molecule has 0 spiro atoms. The largest absolute Gasteiger partial charge is 0.509 e. The van der Waals surface area contributed by atoms with E-state index in [1.165, 1.54) is 43.3 Å². The summed E-state index contributed by atoms with van der Waals surface area (Å²) in [4.78, 5) is 11.0. The maximum absolute atomic E-state index is 11.0. The highest BCUT2D eigenvalue weighted by Gasteiger charge is 2.15. The minimum absolute atomic E-state index is 0.0241. The maximum atomic E-state index is 11.0. The van der Waals surface area contributed by atoms with Crippen molar-refractivity contribution in [2.24, 2.45) is 0 Å². The summed E-state index contributed by atoms with van der Waals surface area (Å²) in [5.74, 6) is -1.13. The lowest BCUT2D eigenvalue weighted by Crippen LogP contribution is -2.01. The molecule has 128 valence electrons.